The average Bonchev–Trinajstić information content (AvgIpc) is 3.03. The Kier molecular flexibility index (Phi) is 5.00. The predicted molar refractivity (Wildman–Crippen MR) is 100 cm³/mol. The van der Waals surface area contributed by atoms with Crippen molar-refractivity contribution in [3.05, 3.63) is 11.6 Å². The maximum absolute atomic E-state index is 12.5. The fourth-order valence-electron chi connectivity index (χ4n) is 4.25. The third kappa shape index (κ3) is 3.40. The molecule has 0 radical (unpaired) electrons. The Balaban J connectivity index is 1.41. The first-order valence-corrected chi connectivity index (χ1v) is 11.6. The van der Waals surface area contributed by atoms with Gasteiger partial charge in [0.1, 0.15) is 5.82 Å². The molecule has 1 saturated heterocycles. The molecule has 8 nitrogen and oxygen atoms in total. The zero-order valence-electron chi connectivity index (χ0n) is 16.2. The summed E-state index contributed by atoms with van der Waals surface area (Å²) in [4.78, 5) is 14.4. The first kappa shape index (κ1) is 18.9. The summed E-state index contributed by atoms with van der Waals surface area (Å²) < 4.78 is 28.5. The maximum atomic E-state index is 12.5. The topological polar surface area (TPSA) is 88.4 Å². The highest BCUT2D eigenvalue weighted by atomic mass is 32.2. The van der Waals surface area contributed by atoms with Gasteiger partial charge >= 0.3 is 0 Å². The van der Waals surface area contributed by atoms with Gasteiger partial charge in [-0.1, -0.05) is 6.42 Å². The molecule has 150 valence electrons. The summed E-state index contributed by atoms with van der Waals surface area (Å²) in [6.45, 7) is 6.54. The molecule has 27 heavy (non-hydrogen) atoms. The minimum absolute atomic E-state index is 0.214. The van der Waals surface area contributed by atoms with Crippen LogP contribution in [-0.2, 0) is 27.9 Å². The number of sulfonamides is 1. The lowest BCUT2D eigenvalue weighted by molar-refractivity contribution is -0.139. The van der Waals surface area contributed by atoms with E-state index in [0.717, 1.165) is 50.3 Å². The fourth-order valence-corrected chi connectivity index (χ4v) is 5.57. The monoisotopic (exact) mass is 395 g/mol. The van der Waals surface area contributed by atoms with E-state index in [4.69, 9.17) is 0 Å². The van der Waals surface area contributed by atoms with Crippen molar-refractivity contribution in [1.29, 1.82) is 0 Å². The quantitative estimate of drug-likeness (QED) is 0.768. The van der Waals surface area contributed by atoms with Gasteiger partial charge in [0.2, 0.25) is 15.9 Å². The first-order valence-electron chi connectivity index (χ1n) is 10.1. The number of aromatic nitrogens is 3. The van der Waals surface area contributed by atoms with Gasteiger partial charge in [-0.3, -0.25) is 4.79 Å². The largest absolute Gasteiger partial charge is 0.333 e. The Labute approximate surface area is 161 Å². The zero-order valence-corrected chi connectivity index (χ0v) is 17.0. The molecule has 3 aliphatic rings. The molecule has 2 aliphatic heterocycles. The molecule has 9 heteroatoms. The second-order valence-electron chi connectivity index (χ2n) is 8.28. The van der Waals surface area contributed by atoms with Crippen LogP contribution in [0, 0.1) is 5.92 Å². The lowest BCUT2D eigenvalue weighted by atomic mass is 9.84. The zero-order chi connectivity index (χ0) is 19.2. The maximum Gasteiger partial charge on any atom is 0.226 e. The Morgan fingerprint density at radius 2 is 1.74 bits per heavy atom. The van der Waals surface area contributed by atoms with E-state index < -0.39 is 10.0 Å². The second-order valence-corrected chi connectivity index (χ2v) is 10.8. The number of carbonyl (C=O) groups is 1. The van der Waals surface area contributed by atoms with Crippen LogP contribution in [0.3, 0.4) is 0 Å². The van der Waals surface area contributed by atoms with Gasteiger partial charge in [0.15, 0.2) is 5.82 Å². The Morgan fingerprint density at radius 1 is 1.04 bits per heavy atom. The normalized spacial score (nSPS) is 22.7. The number of amides is 1. The minimum Gasteiger partial charge on any atom is -0.333 e. The molecule has 1 aliphatic carbocycles. The number of fused-ring (bicyclic) bond motifs is 1. The van der Waals surface area contributed by atoms with Crippen LogP contribution in [0.2, 0.25) is 0 Å². The van der Waals surface area contributed by atoms with Crippen molar-refractivity contribution >= 4 is 15.9 Å². The fraction of sp³-hybridized carbons (Fsp3) is 0.833. The molecule has 1 aromatic rings. The molecule has 0 aromatic carbocycles. The molecular formula is C18H29N5O3S. The van der Waals surface area contributed by atoms with E-state index in [1.165, 1.54) is 0 Å². The predicted octanol–water partition coefficient (Wildman–Crippen LogP) is 1.34. The summed E-state index contributed by atoms with van der Waals surface area (Å²) in [5.41, 5.74) is 0. The van der Waals surface area contributed by atoms with Crippen LogP contribution in [0.4, 0.5) is 0 Å². The van der Waals surface area contributed by atoms with Gasteiger partial charge in [-0.25, -0.2) is 12.7 Å². The highest BCUT2D eigenvalue weighted by Crippen LogP contribution is 2.32. The highest BCUT2D eigenvalue weighted by molar-refractivity contribution is 7.89. The lowest BCUT2D eigenvalue weighted by Crippen LogP contribution is -2.44. The van der Waals surface area contributed by atoms with Crippen LogP contribution in [0.1, 0.15) is 63.5 Å². The van der Waals surface area contributed by atoms with Crippen LogP contribution in [0.5, 0.6) is 0 Å². The number of nitrogens with zero attached hydrogens (tertiary/aromatic N) is 5. The molecule has 3 heterocycles. The molecule has 1 amide bonds. The number of piperidine rings is 1. The molecule has 1 aromatic heterocycles. The summed E-state index contributed by atoms with van der Waals surface area (Å²) in [5.74, 6) is 2.54. The van der Waals surface area contributed by atoms with Gasteiger partial charge in [0.25, 0.3) is 0 Å². The SMILES string of the molecule is CC(C)S(=O)(=O)N1CCC(c2nnc3n2CCN(C(=O)C2CCC2)C3)CC1. The van der Waals surface area contributed by atoms with Crippen molar-refractivity contribution in [3.63, 3.8) is 0 Å². The van der Waals surface area contributed by atoms with E-state index in [1.807, 2.05) is 4.90 Å². The molecule has 0 unspecified atom stereocenters. The van der Waals surface area contributed by atoms with Gasteiger partial charge in [-0.15, -0.1) is 10.2 Å². The second kappa shape index (κ2) is 7.16. The number of carbonyl (C=O) groups excluding carboxylic acids is 1. The molecule has 0 bridgehead atoms. The van der Waals surface area contributed by atoms with Crippen LogP contribution in [-0.4, -0.2) is 63.2 Å². The number of hydrogen-bond acceptors (Lipinski definition) is 5. The van der Waals surface area contributed by atoms with Gasteiger partial charge < -0.3 is 9.47 Å². The van der Waals surface area contributed by atoms with E-state index in [-0.39, 0.29) is 23.0 Å². The summed E-state index contributed by atoms with van der Waals surface area (Å²) in [5, 5.41) is 8.39. The highest BCUT2D eigenvalue weighted by Gasteiger charge is 2.35. The average molecular weight is 396 g/mol. The third-order valence-electron chi connectivity index (χ3n) is 6.32. The van der Waals surface area contributed by atoms with Crippen LogP contribution in [0.25, 0.3) is 0 Å². The first-order chi connectivity index (χ1) is 12.9. The van der Waals surface area contributed by atoms with Crippen molar-refractivity contribution in [2.45, 2.75) is 70.2 Å². The van der Waals surface area contributed by atoms with Crippen LogP contribution in [0.15, 0.2) is 0 Å². The van der Waals surface area contributed by atoms with E-state index in [2.05, 4.69) is 14.8 Å². The van der Waals surface area contributed by atoms with Crippen LogP contribution >= 0.6 is 0 Å². The molecule has 2 fully saturated rings. The molecule has 0 spiro atoms. The molecule has 4 rings (SSSR count). The van der Waals surface area contributed by atoms with Gasteiger partial charge in [-0.05, 0) is 39.5 Å². The Morgan fingerprint density at radius 3 is 2.33 bits per heavy atom. The minimum atomic E-state index is -3.19. The summed E-state index contributed by atoms with van der Waals surface area (Å²) in [7, 11) is -3.19. The number of hydrogen-bond donors (Lipinski definition) is 0. The van der Waals surface area contributed by atoms with E-state index in [9.17, 15) is 13.2 Å². The van der Waals surface area contributed by atoms with E-state index in [0.29, 0.717) is 26.2 Å². The smallest absolute Gasteiger partial charge is 0.226 e. The molecule has 0 N–H and O–H groups in total. The van der Waals surface area contributed by atoms with Crippen molar-refractivity contribution < 1.29 is 13.2 Å². The van der Waals surface area contributed by atoms with Gasteiger partial charge in [0, 0.05) is 38.0 Å². The summed E-state index contributed by atoms with van der Waals surface area (Å²) in [6, 6.07) is 0. The standard InChI is InChI=1S/C18H29N5O3S/c1-13(2)27(25,26)22-8-6-14(7-9-22)17-20-19-16-12-21(10-11-23(16)17)18(24)15-4-3-5-15/h13-15H,3-12H2,1-2H3. The van der Waals surface area contributed by atoms with Crippen molar-refractivity contribution in [2.24, 2.45) is 5.92 Å². The van der Waals surface area contributed by atoms with E-state index in [1.54, 1.807) is 18.2 Å². The molecule has 0 atom stereocenters. The van der Waals surface area contributed by atoms with Crippen molar-refractivity contribution in [1.82, 2.24) is 24.0 Å². The van der Waals surface area contributed by atoms with E-state index >= 15 is 0 Å². The molecule has 1 saturated carbocycles. The summed E-state index contributed by atoms with van der Waals surface area (Å²) in [6.07, 6.45) is 4.75. The van der Waals surface area contributed by atoms with Crippen LogP contribution < -0.4 is 0 Å². The van der Waals surface area contributed by atoms with Crippen molar-refractivity contribution in [3.8, 4) is 0 Å². The summed E-state index contributed by atoms with van der Waals surface area (Å²) >= 11 is 0. The molecular weight excluding hydrogens is 366 g/mol. The Bertz CT molecular complexity index is 807. The number of rotatable bonds is 4. The van der Waals surface area contributed by atoms with Gasteiger partial charge in [0.05, 0.1) is 11.8 Å². The third-order valence-corrected chi connectivity index (χ3v) is 8.60. The van der Waals surface area contributed by atoms with Crippen molar-refractivity contribution in [2.75, 3.05) is 19.6 Å². The van der Waals surface area contributed by atoms with Gasteiger partial charge in [-0.2, -0.15) is 0 Å². The Hall–Kier alpha value is -1.48. The lowest BCUT2D eigenvalue weighted by Gasteiger charge is -2.35.